The first-order chi connectivity index (χ1) is 11.0. The van der Waals surface area contributed by atoms with E-state index in [0.29, 0.717) is 16.9 Å². The van der Waals surface area contributed by atoms with Crippen molar-refractivity contribution in [3.8, 4) is 0 Å². The minimum atomic E-state index is -0.550. The fraction of sp³-hybridized carbons (Fsp3) is 0.529. The molecule has 1 amide bonds. The first kappa shape index (κ1) is 15.0. The molecule has 3 atom stereocenters. The van der Waals surface area contributed by atoms with Crippen LogP contribution in [0.2, 0.25) is 5.02 Å². The van der Waals surface area contributed by atoms with Crippen LogP contribution < -0.4 is 10.6 Å². The summed E-state index contributed by atoms with van der Waals surface area (Å²) < 4.78 is 1.95. The number of hydrogen-bond acceptors (Lipinski definition) is 3. The van der Waals surface area contributed by atoms with Gasteiger partial charge in [0.05, 0.1) is 22.3 Å². The predicted molar refractivity (Wildman–Crippen MR) is 89.3 cm³/mol. The molecule has 3 heterocycles. The maximum absolute atomic E-state index is 12.8. The van der Waals surface area contributed by atoms with Gasteiger partial charge in [-0.05, 0) is 57.3 Å². The lowest BCUT2D eigenvalue weighted by atomic mass is 9.61. The molecule has 1 aliphatic heterocycles. The molecule has 1 aliphatic carbocycles. The van der Waals surface area contributed by atoms with Gasteiger partial charge in [0, 0.05) is 12.1 Å². The van der Waals surface area contributed by atoms with Crippen molar-refractivity contribution in [2.75, 3.05) is 13.1 Å². The van der Waals surface area contributed by atoms with Crippen molar-refractivity contribution in [2.24, 2.45) is 17.8 Å². The summed E-state index contributed by atoms with van der Waals surface area (Å²) >= 11 is 6.22. The number of nitrogens with one attached hydrogen (secondary N) is 2. The smallest absolute Gasteiger partial charge is 0.224 e. The largest absolute Gasteiger partial charge is 0.344 e. The van der Waals surface area contributed by atoms with Gasteiger partial charge in [-0.15, -0.1) is 0 Å². The molecule has 1 saturated carbocycles. The van der Waals surface area contributed by atoms with E-state index in [-0.39, 0.29) is 11.8 Å². The molecule has 6 heteroatoms. The quantitative estimate of drug-likeness (QED) is 0.906. The van der Waals surface area contributed by atoms with E-state index in [4.69, 9.17) is 11.6 Å². The number of amides is 1. The Kier molecular flexibility index (Phi) is 3.39. The van der Waals surface area contributed by atoms with Crippen LogP contribution in [0, 0.1) is 17.8 Å². The Morgan fingerprint density at radius 1 is 1.43 bits per heavy atom. The molecule has 2 aliphatic rings. The molecule has 4 rings (SSSR count). The SMILES string of the molecule is CC(C)(NC(=O)[C@H]1[C@@H]2CNC[C@H]1C2)c1ncc2c(Cl)cccn12. The van der Waals surface area contributed by atoms with Gasteiger partial charge >= 0.3 is 0 Å². The summed E-state index contributed by atoms with van der Waals surface area (Å²) in [5.74, 6) is 2.06. The average molecular weight is 333 g/mol. The summed E-state index contributed by atoms with van der Waals surface area (Å²) in [5.41, 5.74) is 0.307. The van der Waals surface area contributed by atoms with Crippen LogP contribution in [0.15, 0.2) is 24.5 Å². The molecule has 0 aromatic carbocycles. The highest BCUT2D eigenvalue weighted by atomic mass is 35.5. The highest BCUT2D eigenvalue weighted by Gasteiger charge is 2.48. The average Bonchev–Trinajstić information content (AvgIpc) is 2.93. The normalized spacial score (nSPS) is 26.8. The highest BCUT2D eigenvalue weighted by molar-refractivity contribution is 6.33. The number of fused-ring (bicyclic) bond motifs is 3. The molecule has 0 radical (unpaired) electrons. The molecule has 0 spiro atoms. The molecule has 1 saturated heterocycles. The van der Waals surface area contributed by atoms with Crippen LogP contribution in [-0.4, -0.2) is 28.4 Å². The van der Waals surface area contributed by atoms with Gasteiger partial charge in [-0.25, -0.2) is 4.98 Å². The van der Waals surface area contributed by atoms with Crippen molar-refractivity contribution in [3.63, 3.8) is 0 Å². The minimum absolute atomic E-state index is 0.144. The Labute approximate surface area is 140 Å². The molecule has 2 bridgehead atoms. The summed E-state index contributed by atoms with van der Waals surface area (Å²) in [4.78, 5) is 17.3. The van der Waals surface area contributed by atoms with Crippen molar-refractivity contribution in [3.05, 3.63) is 35.4 Å². The van der Waals surface area contributed by atoms with Crippen LogP contribution >= 0.6 is 11.6 Å². The molecule has 2 aromatic heterocycles. The summed E-state index contributed by atoms with van der Waals surface area (Å²) in [6, 6.07) is 3.73. The summed E-state index contributed by atoms with van der Waals surface area (Å²) in [7, 11) is 0. The molecule has 122 valence electrons. The zero-order chi connectivity index (χ0) is 16.2. The molecule has 0 unspecified atom stereocenters. The van der Waals surface area contributed by atoms with E-state index >= 15 is 0 Å². The zero-order valence-electron chi connectivity index (χ0n) is 13.3. The van der Waals surface area contributed by atoms with E-state index in [1.165, 1.54) is 6.42 Å². The number of carbonyl (C=O) groups excluding carboxylic acids is 1. The van der Waals surface area contributed by atoms with Gasteiger partial charge in [-0.1, -0.05) is 11.6 Å². The lowest BCUT2D eigenvalue weighted by molar-refractivity contribution is -0.138. The Hall–Kier alpha value is -1.59. The number of aromatic nitrogens is 2. The summed E-state index contributed by atoms with van der Waals surface area (Å²) in [6.07, 6.45) is 4.86. The Bertz CT molecular complexity index is 755. The number of carbonyl (C=O) groups is 1. The zero-order valence-corrected chi connectivity index (χ0v) is 14.1. The number of pyridine rings is 1. The monoisotopic (exact) mass is 332 g/mol. The second kappa shape index (κ2) is 5.21. The topological polar surface area (TPSA) is 58.4 Å². The van der Waals surface area contributed by atoms with Crippen molar-refractivity contribution >= 4 is 23.0 Å². The van der Waals surface area contributed by atoms with Gasteiger partial charge in [-0.3, -0.25) is 4.79 Å². The third-order valence-corrected chi connectivity index (χ3v) is 5.57. The van der Waals surface area contributed by atoms with Crippen LogP contribution in [0.1, 0.15) is 26.1 Å². The fourth-order valence-corrected chi connectivity index (χ4v) is 4.28. The fourth-order valence-electron chi connectivity index (χ4n) is 4.07. The minimum Gasteiger partial charge on any atom is -0.344 e. The molecule has 2 aromatic rings. The lowest BCUT2D eigenvalue weighted by Gasteiger charge is -2.49. The van der Waals surface area contributed by atoms with Crippen LogP contribution in [0.25, 0.3) is 5.52 Å². The van der Waals surface area contributed by atoms with E-state index in [9.17, 15) is 4.79 Å². The lowest BCUT2D eigenvalue weighted by Crippen LogP contribution is -2.60. The van der Waals surface area contributed by atoms with Crippen LogP contribution in [-0.2, 0) is 10.3 Å². The molecule has 5 nitrogen and oxygen atoms in total. The number of rotatable bonds is 3. The number of nitrogens with zero attached hydrogens (tertiary/aromatic N) is 2. The van der Waals surface area contributed by atoms with Crippen LogP contribution in [0.4, 0.5) is 0 Å². The van der Waals surface area contributed by atoms with Gasteiger partial charge < -0.3 is 15.0 Å². The molecule has 23 heavy (non-hydrogen) atoms. The van der Waals surface area contributed by atoms with E-state index in [1.807, 2.05) is 36.6 Å². The standard InChI is InChI=1S/C17H21ClN4O/c1-17(2,16-20-9-13-12(18)4-3-5-22(13)16)21-15(23)14-10-6-11(14)8-19-7-10/h3-5,9-11,14,19H,6-8H2,1-2H3,(H,21,23)/t10-,11+,14-. The van der Waals surface area contributed by atoms with Crippen molar-refractivity contribution in [1.29, 1.82) is 0 Å². The van der Waals surface area contributed by atoms with Crippen LogP contribution in [0.3, 0.4) is 0 Å². The molecular formula is C17H21ClN4O. The van der Waals surface area contributed by atoms with Crippen molar-refractivity contribution in [1.82, 2.24) is 20.0 Å². The second-order valence-corrected chi connectivity index (χ2v) is 7.65. The Balaban J connectivity index is 1.59. The van der Waals surface area contributed by atoms with Gasteiger partial charge in [0.25, 0.3) is 0 Å². The van der Waals surface area contributed by atoms with Gasteiger partial charge in [0.15, 0.2) is 0 Å². The number of hydrogen-bond donors (Lipinski definition) is 2. The number of piperidine rings is 2. The second-order valence-electron chi connectivity index (χ2n) is 7.25. The van der Waals surface area contributed by atoms with E-state index in [0.717, 1.165) is 24.4 Å². The van der Waals surface area contributed by atoms with Crippen molar-refractivity contribution in [2.45, 2.75) is 25.8 Å². The summed E-state index contributed by atoms with van der Waals surface area (Å²) in [6.45, 7) is 5.90. The third-order valence-electron chi connectivity index (χ3n) is 5.25. The first-order valence-corrected chi connectivity index (χ1v) is 8.50. The molecule has 2 fully saturated rings. The van der Waals surface area contributed by atoms with Gasteiger partial charge in [0.1, 0.15) is 5.82 Å². The van der Waals surface area contributed by atoms with Crippen LogP contribution in [0.5, 0.6) is 0 Å². The highest BCUT2D eigenvalue weighted by Crippen LogP contribution is 2.43. The van der Waals surface area contributed by atoms with E-state index in [1.54, 1.807) is 6.20 Å². The molecule has 2 N–H and O–H groups in total. The van der Waals surface area contributed by atoms with Crippen molar-refractivity contribution < 1.29 is 4.79 Å². The maximum Gasteiger partial charge on any atom is 0.224 e. The summed E-state index contributed by atoms with van der Waals surface area (Å²) in [5, 5.41) is 7.25. The third kappa shape index (κ3) is 2.34. The first-order valence-electron chi connectivity index (χ1n) is 8.12. The Morgan fingerprint density at radius 3 is 2.87 bits per heavy atom. The van der Waals surface area contributed by atoms with E-state index < -0.39 is 5.54 Å². The number of imidazole rings is 1. The molecular weight excluding hydrogens is 312 g/mol. The number of halogens is 1. The van der Waals surface area contributed by atoms with Gasteiger partial charge in [-0.2, -0.15) is 0 Å². The van der Waals surface area contributed by atoms with E-state index in [2.05, 4.69) is 15.6 Å². The Morgan fingerprint density at radius 2 is 2.17 bits per heavy atom. The maximum atomic E-state index is 12.8. The predicted octanol–water partition coefficient (Wildman–Crippen LogP) is 2.19. The van der Waals surface area contributed by atoms with Gasteiger partial charge in [0.2, 0.25) is 5.91 Å².